The molecule has 0 aliphatic heterocycles. The van der Waals surface area contributed by atoms with Crippen molar-refractivity contribution in [3.63, 3.8) is 0 Å². The number of carbonyl (C=O) groups is 1. The van der Waals surface area contributed by atoms with Crippen LogP contribution in [0.4, 0.5) is 0 Å². The van der Waals surface area contributed by atoms with Crippen LogP contribution in [-0.2, 0) is 4.74 Å². The van der Waals surface area contributed by atoms with Crippen LogP contribution in [0.2, 0.25) is 0 Å². The highest BCUT2D eigenvalue weighted by Crippen LogP contribution is 2.22. The summed E-state index contributed by atoms with van der Waals surface area (Å²) in [5, 5.41) is 10.0. The minimum absolute atomic E-state index is 0.0547. The molecule has 2 aromatic carbocycles. The van der Waals surface area contributed by atoms with Crippen molar-refractivity contribution in [3.05, 3.63) is 71.8 Å². The van der Waals surface area contributed by atoms with Crippen molar-refractivity contribution in [3.8, 4) is 5.75 Å². The number of unbranched alkanes of at least 4 members (excludes halogenated alkanes) is 8. The number of carbonyl (C=O) groups excluding carboxylic acids is 1. The maximum Gasteiger partial charge on any atom is 0.338 e. The summed E-state index contributed by atoms with van der Waals surface area (Å²) in [6, 6.07) is 13.9. The van der Waals surface area contributed by atoms with Crippen molar-refractivity contribution in [2.24, 2.45) is 16.6 Å². The van der Waals surface area contributed by atoms with Gasteiger partial charge in [-0.1, -0.05) is 109 Å². The number of nitrogens with two attached hydrogens (primary N) is 1. The Kier molecular flexibility index (Phi) is 14.2. The standard InChI is InChI=1S/C32H46N2O3/c1-4-6-8-10-11-13-18-26(17-12-9-7-5-2)24-37-32(36)28-20-16-19-27(23-28)25(3)34-31(33)29-21-14-15-22-30(29)35/h14-16,19-23,26,35H,3-13,17-18,24H2,1-2H3,(H2,33,34). The molecule has 1 unspecified atom stereocenters. The lowest BCUT2D eigenvalue weighted by molar-refractivity contribution is 0.0422. The first kappa shape index (κ1) is 30.1. The Morgan fingerprint density at radius 3 is 2.16 bits per heavy atom. The average Bonchev–Trinajstić information content (AvgIpc) is 2.91. The molecule has 3 N–H and O–H groups in total. The number of phenolic OH excluding ortho intramolecular Hbond substituents is 1. The molecule has 1 atom stereocenters. The molecule has 5 nitrogen and oxygen atoms in total. The predicted octanol–water partition coefficient (Wildman–Crippen LogP) is 8.26. The lowest BCUT2D eigenvalue weighted by Crippen LogP contribution is -2.15. The van der Waals surface area contributed by atoms with Crippen LogP contribution >= 0.6 is 0 Å². The van der Waals surface area contributed by atoms with Crippen molar-refractivity contribution in [2.75, 3.05) is 6.61 Å². The van der Waals surface area contributed by atoms with Crippen LogP contribution in [-0.4, -0.2) is 23.5 Å². The summed E-state index contributed by atoms with van der Waals surface area (Å²) in [4.78, 5) is 17.2. The third-order valence-electron chi connectivity index (χ3n) is 6.75. The molecule has 0 saturated carbocycles. The number of benzene rings is 2. The van der Waals surface area contributed by atoms with Crippen molar-refractivity contribution in [1.82, 2.24) is 0 Å². The Labute approximate surface area is 223 Å². The Hall–Kier alpha value is -3.08. The van der Waals surface area contributed by atoms with E-state index in [0.29, 0.717) is 34.9 Å². The van der Waals surface area contributed by atoms with Gasteiger partial charge in [-0.25, -0.2) is 9.79 Å². The summed E-state index contributed by atoms with van der Waals surface area (Å²) in [5.74, 6) is 0.303. The van der Waals surface area contributed by atoms with E-state index in [1.165, 1.54) is 64.2 Å². The fraction of sp³-hybridized carbons (Fsp3) is 0.500. The quantitative estimate of drug-likeness (QED) is 0.0922. The lowest BCUT2D eigenvalue weighted by Gasteiger charge is -2.17. The molecule has 37 heavy (non-hydrogen) atoms. The molecule has 0 heterocycles. The van der Waals surface area contributed by atoms with E-state index in [9.17, 15) is 9.90 Å². The van der Waals surface area contributed by atoms with Gasteiger partial charge in [0.05, 0.1) is 23.4 Å². The molecular weight excluding hydrogens is 460 g/mol. The summed E-state index contributed by atoms with van der Waals surface area (Å²) < 4.78 is 5.78. The molecule has 5 heteroatoms. The average molecular weight is 507 g/mol. The number of aromatic hydroxyl groups is 1. The van der Waals surface area contributed by atoms with Gasteiger partial charge in [-0.3, -0.25) is 0 Å². The van der Waals surface area contributed by atoms with Crippen LogP contribution in [0.5, 0.6) is 5.75 Å². The number of rotatable bonds is 18. The van der Waals surface area contributed by atoms with Gasteiger partial charge in [0.15, 0.2) is 0 Å². The molecule has 0 fully saturated rings. The highest BCUT2D eigenvalue weighted by Gasteiger charge is 2.15. The van der Waals surface area contributed by atoms with Gasteiger partial charge >= 0.3 is 5.97 Å². The first-order valence-corrected chi connectivity index (χ1v) is 14.0. The van der Waals surface area contributed by atoms with Crippen LogP contribution in [0.1, 0.15) is 112 Å². The molecular formula is C32H46N2O3. The third-order valence-corrected chi connectivity index (χ3v) is 6.75. The van der Waals surface area contributed by atoms with E-state index in [1.807, 2.05) is 6.07 Å². The van der Waals surface area contributed by atoms with Crippen molar-refractivity contribution < 1.29 is 14.6 Å². The second-order valence-electron chi connectivity index (χ2n) is 9.91. The summed E-state index contributed by atoms with van der Waals surface area (Å²) in [6.45, 7) is 8.93. The van der Waals surface area contributed by atoms with Crippen LogP contribution in [0.25, 0.3) is 5.70 Å². The maximum absolute atomic E-state index is 12.9. The molecule has 0 amide bonds. The first-order valence-electron chi connectivity index (χ1n) is 14.0. The highest BCUT2D eigenvalue weighted by molar-refractivity contribution is 6.02. The summed E-state index contributed by atoms with van der Waals surface area (Å²) >= 11 is 0. The third kappa shape index (κ3) is 11.2. The second kappa shape index (κ2) is 17.4. The zero-order valence-electron chi connectivity index (χ0n) is 22.9. The van der Waals surface area contributed by atoms with E-state index >= 15 is 0 Å². The molecule has 0 aromatic heterocycles. The van der Waals surface area contributed by atoms with Crippen LogP contribution in [0.15, 0.2) is 60.1 Å². The molecule has 0 aliphatic rings. The molecule has 0 bridgehead atoms. The van der Waals surface area contributed by atoms with E-state index in [4.69, 9.17) is 10.5 Å². The Bertz CT molecular complexity index is 999. The smallest absolute Gasteiger partial charge is 0.338 e. The van der Waals surface area contributed by atoms with E-state index in [0.717, 1.165) is 12.8 Å². The normalized spacial score (nSPS) is 12.3. The van der Waals surface area contributed by atoms with Crippen LogP contribution in [0, 0.1) is 5.92 Å². The fourth-order valence-electron chi connectivity index (χ4n) is 4.45. The van der Waals surface area contributed by atoms with Gasteiger partial charge in [-0.2, -0.15) is 0 Å². The summed E-state index contributed by atoms with van der Waals surface area (Å²) in [5.41, 5.74) is 8.08. The van der Waals surface area contributed by atoms with Gasteiger partial charge in [0.2, 0.25) is 0 Å². The molecule has 2 rings (SSSR count). The maximum atomic E-state index is 12.9. The van der Waals surface area contributed by atoms with Gasteiger partial charge in [-0.05, 0) is 43.0 Å². The van der Waals surface area contributed by atoms with Crippen molar-refractivity contribution in [1.29, 1.82) is 0 Å². The van der Waals surface area contributed by atoms with Gasteiger partial charge in [-0.15, -0.1) is 0 Å². The van der Waals surface area contributed by atoms with Crippen molar-refractivity contribution >= 4 is 17.5 Å². The van der Waals surface area contributed by atoms with E-state index in [1.54, 1.807) is 42.5 Å². The van der Waals surface area contributed by atoms with Crippen molar-refractivity contribution in [2.45, 2.75) is 90.9 Å². The number of esters is 1. The van der Waals surface area contributed by atoms with Gasteiger partial charge in [0.25, 0.3) is 0 Å². The highest BCUT2D eigenvalue weighted by atomic mass is 16.5. The number of aliphatic imine (C=N–C) groups is 1. The van der Waals surface area contributed by atoms with Gasteiger partial charge < -0.3 is 15.6 Å². The summed E-state index contributed by atoms with van der Waals surface area (Å²) in [6.07, 6.45) is 14.8. The lowest BCUT2D eigenvalue weighted by atomic mass is 9.95. The number of hydrogen-bond donors (Lipinski definition) is 2. The Morgan fingerprint density at radius 2 is 1.49 bits per heavy atom. The van der Waals surface area contributed by atoms with E-state index in [-0.39, 0.29) is 17.6 Å². The van der Waals surface area contributed by atoms with Gasteiger partial charge in [0.1, 0.15) is 11.6 Å². The molecule has 0 spiro atoms. The number of para-hydroxylation sites is 1. The molecule has 0 radical (unpaired) electrons. The minimum Gasteiger partial charge on any atom is -0.507 e. The number of nitrogens with zero attached hydrogens (tertiary/aromatic N) is 1. The monoisotopic (exact) mass is 506 g/mol. The van der Waals surface area contributed by atoms with E-state index in [2.05, 4.69) is 25.4 Å². The fourth-order valence-corrected chi connectivity index (χ4v) is 4.45. The van der Waals surface area contributed by atoms with Crippen LogP contribution in [0.3, 0.4) is 0 Å². The number of phenols is 1. The molecule has 202 valence electrons. The first-order chi connectivity index (χ1) is 18.0. The molecule has 0 aliphatic carbocycles. The van der Waals surface area contributed by atoms with Gasteiger partial charge in [0, 0.05) is 5.56 Å². The summed E-state index contributed by atoms with van der Waals surface area (Å²) in [7, 11) is 0. The molecule has 2 aromatic rings. The minimum atomic E-state index is -0.325. The zero-order chi connectivity index (χ0) is 26.9. The van der Waals surface area contributed by atoms with E-state index < -0.39 is 0 Å². The topological polar surface area (TPSA) is 84.9 Å². The zero-order valence-corrected chi connectivity index (χ0v) is 22.9. The van der Waals surface area contributed by atoms with Crippen LogP contribution < -0.4 is 5.73 Å². The Morgan fingerprint density at radius 1 is 0.892 bits per heavy atom. The number of hydrogen-bond acceptors (Lipinski definition) is 4. The Balaban J connectivity index is 1.96. The largest absolute Gasteiger partial charge is 0.507 e. The SMILES string of the molecule is C=C(N=C(N)c1ccccc1O)c1cccc(C(=O)OCC(CCCCCC)CCCCCCCC)c1. The molecule has 0 saturated heterocycles. The second-order valence-corrected chi connectivity index (χ2v) is 9.91. The number of amidine groups is 1. The predicted molar refractivity (Wildman–Crippen MR) is 155 cm³/mol. The number of ether oxygens (including phenoxy) is 1.